The summed E-state index contributed by atoms with van der Waals surface area (Å²) in [5.74, 6) is -1.63. The molecule has 0 radical (unpaired) electrons. The Kier molecular flexibility index (Phi) is 3.24. The van der Waals surface area contributed by atoms with Crippen LogP contribution in [0.5, 0.6) is 5.75 Å². The molecule has 2 aliphatic rings. The predicted molar refractivity (Wildman–Crippen MR) is 85.4 cm³/mol. The smallest absolute Gasteiger partial charge is 0.341 e. The molecule has 7 nitrogen and oxygen atoms in total. The number of rotatable bonds is 2. The first-order valence-electron chi connectivity index (χ1n) is 7.73. The molecule has 0 spiro atoms. The maximum atomic E-state index is 14.8. The van der Waals surface area contributed by atoms with Gasteiger partial charge in [-0.2, -0.15) is 0 Å². The second-order valence-corrected chi connectivity index (χ2v) is 6.15. The number of halogens is 1. The largest absolute Gasteiger partial charge is 0.487 e. The van der Waals surface area contributed by atoms with Crippen molar-refractivity contribution in [1.82, 2.24) is 4.57 Å². The van der Waals surface area contributed by atoms with E-state index in [4.69, 9.17) is 10.5 Å². The monoisotopic (exact) mass is 333 g/mol. The summed E-state index contributed by atoms with van der Waals surface area (Å²) in [6.07, 6.45) is 2.05. The SMILES string of the molecule is NC1CCN(c2c(F)cc3c(=O)c(C(=O)O)cn4c3c2OCC4)C1. The highest BCUT2D eigenvalue weighted by Gasteiger charge is 2.30. The fraction of sp³-hybridized carbons (Fsp3) is 0.375. The number of hydrogen-bond acceptors (Lipinski definition) is 5. The van der Waals surface area contributed by atoms with Crippen molar-refractivity contribution in [1.29, 1.82) is 0 Å². The van der Waals surface area contributed by atoms with Gasteiger partial charge < -0.3 is 25.0 Å². The van der Waals surface area contributed by atoms with Gasteiger partial charge in [-0.3, -0.25) is 4.79 Å². The van der Waals surface area contributed by atoms with Gasteiger partial charge in [0, 0.05) is 25.3 Å². The average Bonchev–Trinajstić information content (AvgIpc) is 2.96. The highest BCUT2D eigenvalue weighted by molar-refractivity contribution is 5.97. The summed E-state index contributed by atoms with van der Waals surface area (Å²) in [7, 11) is 0. The van der Waals surface area contributed by atoms with Crippen molar-refractivity contribution >= 4 is 22.6 Å². The van der Waals surface area contributed by atoms with Gasteiger partial charge in [0.1, 0.15) is 17.9 Å². The van der Waals surface area contributed by atoms with E-state index in [0.717, 1.165) is 12.5 Å². The van der Waals surface area contributed by atoms with E-state index in [1.807, 2.05) is 4.90 Å². The van der Waals surface area contributed by atoms with E-state index in [1.54, 1.807) is 4.57 Å². The molecule has 0 bridgehead atoms. The lowest BCUT2D eigenvalue weighted by atomic mass is 10.1. The molecule has 126 valence electrons. The van der Waals surface area contributed by atoms with Crippen molar-refractivity contribution in [3.05, 3.63) is 33.9 Å². The number of ether oxygens (including phenoxy) is 1. The molecule has 2 aromatic rings. The van der Waals surface area contributed by atoms with E-state index < -0.39 is 17.2 Å². The zero-order valence-electron chi connectivity index (χ0n) is 12.8. The van der Waals surface area contributed by atoms with Crippen LogP contribution in [0, 0.1) is 5.82 Å². The minimum atomic E-state index is -1.33. The number of benzene rings is 1. The normalized spacial score (nSPS) is 19.6. The lowest BCUT2D eigenvalue weighted by molar-refractivity contribution is 0.0694. The number of nitrogens with zero attached hydrogens (tertiary/aromatic N) is 2. The van der Waals surface area contributed by atoms with Gasteiger partial charge in [0.25, 0.3) is 0 Å². The Morgan fingerprint density at radius 3 is 2.88 bits per heavy atom. The quantitative estimate of drug-likeness (QED) is 0.842. The third-order valence-electron chi connectivity index (χ3n) is 4.59. The van der Waals surface area contributed by atoms with Crippen LogP contribution in [0.3, 0.4) is 0 Å². The van der Waals surface area contributed by atoms with Crippen LogP contribution in [0.1, 0.15) is 16.8 Å². The molecule has 3 heterocycles. The molecular formula is C16H16FN3O4. The molecule has 1 atom stereocenters. The fourth-order valence-corrected chi connectivity index (χ4v) is 3.49. The zero-order chi connectivity index (χ0) is 17.0. The van der Waals surface area contributed by atoms with Gasteiger partial charge in [-0.05, 0) is 12.5 Å². The molecule has 3 N–H and O–H groups in total. The second kappa shape index (κ2) is 5.20. The van der Waals surface area contributed by atoms with Crippen LogP contribution >= 0.6 is 0 Å². The standard InChI is InChI=1S/C16H16FN3O4/c17-11-5-9-12-15(13(11)19-2-1-8(18)6-19)24-4-3-20(12)7-10(14(9)21)16(22)23/h5,7-8H,1-4,6,18H2,(H,22,23). The minimum absolute atomic E-state index is 0.0225. The molecule has 1 unspecified atom stereocenters. The van der Waals surface area contributed by atoms with Crippen LogP contribution in [-0.2, 0) is 6.54 Å². The molecule has 0 saturated carbocycles. The number of carboxylic acid groups (broad SMARTS) is 1. The Hall–Kier alpha value is -2.61. The summed E-state index contributed by atoms with van der Waals surface area (Å²) in [5.41, 5.74) is 5.57. The Balaban J connectivity index is 2.04. The van der Waals surface area contributed by atoms with Gasteiger partial charge in [0.05, 0.1) is 17.4 Å². The predicted octanol–water partition coefficient (Wildman–Crippen LogP) is 0.769. The van der Waals surface area contributed by atoms with Gasteiger partial charge in [-0.1, -0.05) is 0 Å². The van der Waals surface area contributed by atoms with Crippen molar-refractivity contribution in [3.8, 4) is 5.75 Å². The van der Waals surface area contributed by atoms with Crippen LogP contribution in [0.25, 0.3) is 10.9 Å². The van der Waals surface area contributed by atoms with Crippen molar-refractivity contribution in [2.45, 2.75) is 19.0 Å². The minimum Gasteiger partial charge on any atom is -0.487 e. The second-order valence-electron chi connectivity index (χ2n) is 6.15. The van der Waals surface area contributed by atoms with Gasteiger partial charge in [0.15, 0.2) is 11.6 Å². The van der Waals surface area contributed by atoms with Gasteiger partial charge in [0.2, 0.25) is 5.43 Å². The molecular weight excluding hydrogens is 317 g/mol. The van der Waals surface area contributed by atoms with Crippen molar-refractivity contribution in [2.75, 3.05) is 24.6 Å². The zero-order valence-corrected chi connectivity index (χ0v) is 12.8. The molecule has 24 heavy (non-hydrogen) atoms. The van der Waals surface area contributed by atoms with Crippen molar-refractivity contribution in [3.63, 3.8) is 0 Å². The molecule has 1 aromatic heterocycles. The number of hydrogen-bond donors (Lipinski definition) is 2. The fourth-order valence-electron chi connectivity index (χ4n) is 3.49. The van der Waals surface area contributed by atoms with Crippen LogP contribution in [0.4, 0.5) is 10.1 Å². The summed E-state index contributed by atoms with van der Waals surface area (Å²) in [4.78, 5) is 25.5. The van der Waals surface area contributed by atoms with E-state index in [9.17, 15) is 19.1 Å². The topological polar surface area (TPSA) is 97.8 Å². The van der Waals surface area contributed by atoms with Crippen LogP contribution < -0.4 is 20.8 Å². The lowest BCUT2D eigenvalue weighted by Crippen LogP contribution is -2.29. The van der Waals surface area contributed by atoms with Gasteiger partial charge in [-0.25, -0.2) is 9.18 Å². The number of aromatic nitrogens is 1. The number of anilines is 1. The number of pyridine rings is 1. The summed E-state index contributed by atoms with van der Waals surface area (Å²) in [6, 6.07) is 1.07. The van der Waals surface area contributed by atoms with E-state index in [2.05, 4.69) is 0 Å². The van der Waals surface area contributed by atoms with Crippen LogP contribution in [-0.4, -0.2) is 41.4 Å². The summed E-state index contributed by atoms with van der Waals surface area (Å²) < 4.78 is 22.1. The third-order valence-corrected chi connectivity index (χ3v) is 4.59. The molecule has 4 rings (SSSR count). The maximum absolute atomic E-state index is 14.8. The first kappa shape index (κ1) is 14.9. The summed E-state index contributed by atoms with van der Waals surface area (Å²) in [5, 5.41) is 9.22. The Morgan fingerprint density at radius 1 is 1.42 bits per heavy atom. The molecule has 1 aromatic carbocycles. The summed E-state index contributed by atoms with van der Waals surface area (Å²) in [6.45, 7) is 1.79. The number of aromatic carboxylic acids is 1. The van der Waals surface area contributed by atoms with E-state index in [0.29, 0.717) is 36.6 Å². The number of carbonyl (C=O) groups is 1. The first-order chi connectivity index (χ1) is 11.5. The Bertz CT molecular complexity index is 924. The molecule has 8 heteroatoms. The van der Waals surface area contributed by atoms with Gasteiger partial charge in [-0.15, -0.1) is 0 Å². The number of nitrogens with two attached hydrogens (primary N) is 1. The molecule has 1 fully saturated rings. The average molecular weight is 333 g/mol. The van der Waals surface area contributed by atoms with E-state index in [1.165, 1.54) is 6.20 Å². The first-order valence-corrected chi connectivity index (χ1v) is 7.73. The van der Waals surface area contributed by atoms with E-state index in [-0.39, 0.29) is 23.6 Å². The lowest BCUT2D eigenvalue weighted by Gasteiger charge is -2.28. The van der Waals surface area contributed by atoms with E-state index >= 15 is 0 Å². The molecule has 0 amide bonds. The molecule has 1 saturated heterocycles. The van der Waals surface area contributed by atoms with Gasteiger partial charge >= 0.3 is 5.97 Å². The Morgan fingerprint density at radius 2 is 2.21 bits per heavy atom. The molecule has 0 aliphatic carbocycles. The molecule has 2 aliphatic heterocycles. The van der Waals surface area contributed by atoms with Crippen LogP contribution in [0.15, 0.2) is 17.1 Å². The highest BCUT2D eigenvalue weighted by atomic mass is 19.1. The van der Waals surface area contributed by atoms with Crippen LogP contribution in [0.2, 0.25) is 0 Å². The third kappa shape index (κ3) is 2.06. The Labute approximate surface area is 136 Å². The summed E-state index contributed by atoms with van der Waals surface area (Å²) >= 11 is 0. The number of carboxylic acids is 1. The van der Waals surface area contributed by atoms with Crippen molar-refractivity contribution < 1.29 is 19.0 Å². The highest BCUT2D eigenvalue weighted by Crippen LogP contribution is 2.40. The maximum Gasteiger partial charge on any atom is 0.341 e. The van der Waals surface area contributed by atoms with Crippen molar-refractivity contribution in [2.24, 2.45) is 5.73 Å².